The molecular weight excluding hydrogens is 386 g/mol. The van der Waals surface area contributed by atoms with E-state index in [-0.39, 0.29) is 0 Å². The summed E-state index contributed by atoms with van der Waals surface area (Å²) in [5.41, 5.74) is 7.79. The van der Waals surface area contributed by atoms with Gasteiger partial charge in [0.15, 0.2) is 0 Å². The molecular formula is C28H26ClN. The van der Waals surface area contributed by atoms with Gasteiger partial charge in [-0.15, -0.1) is 0 Å². The first kappa shape index (κ1) is 20.3. The average Bonchev–Trinajstić information content (AvgIpc) is 2.80. The first-order valence-electron chi connectivity index (χ1n) is 10.4. The van der Waals surface area contributed by atoms with E-state index in [0.717, 1.165) is 30.8 Å². The predicted molar refractivity (Wildman–Crippen MR) is 128 cm³/mol. The number of halogens is 1. The highest BCUT2D eigenvalue weighted by molar-refractivity contribution is 6.30. The molecule has 0 aliphatic carbocycles. The van der Waals surface area contributed by atoms with Gasteiger partial charge in [-0.05, 0) is 65.3 Å². The van der Waals surface area contributed by atoms with Gasteiger partial charge in [0.05, 0.1) is 0 Å². The maximum atomic E-state index is 6.06. The van der Waals surface area contributed by atoms with Crippen LogP contribution in [-0.4, -0.2) is 0 Å². The van der Waals surface area contributed by atoms with Crippen LogP contribution in [0.1, 0.15) is 27.8 Å². The van der Waals surface area contributed by atoms with Crippen molar-refractivity contribution in [2.75, 3.05) is 5.32 Å². The first-order valence-corrected chi connectivity index (χ1v) is 10.8. The first-order chi connectivity index (χ1) is 14.8. The zero-order chi connectivity index (χ0) is 20.6. The van der Waals surface area contributed by atoms with Crippen LogP contribution in [0.4, 0.5) is 5.69 Å². The van der Waals surface area contributed by atoms with Gasteiger partial charge in [0, 0.05) is 17.3 Å². The number of benzene rings is 4. The van der Waals surface area contributed by atoms with Crippen molar-refractivity contribution in [2.24, 2.45) is 0 Å². The Morgan fingerprint density at radius 1 is 0.567 bits per heavy atom. The summed E-state index contributed by atoms with van der Waals surface area (Å²) < 4.78 is 0. The molecule has 0 aliphatic heterocycles. The molecule has 0 aromatic heterocycles. The van der Waals surface area contributed by atoms with Crippen LogP contribution in [0.2, 0.25) is 5.02 Å². The zero-order valence-corrected chi connectivity index (χ0v) is 17.8. The Labute approximate surface area is 184 Å². The van der Waals surface area contributed by atoms with Crippen molar-refractivity contribution in [3.05, 3.63) is 136 Å². The number of anilines is 1. The van der Waals surface area contributed by atoms with E-state index in [4.69, 9.17) is 11.6 Å². The fourth-order valence-corrected chi connectivity index (χ4v) is 3.77. The Bertz CT molecular complexity index is 1060. The van der Waals surface area contributed by atoms with Gasteiger partial charge < -0.3 is 5.32 Å². The summed E-state index contributed by atoms with van der Waals surface area (Å²) in [4.78, 5) is 0. The monoisotopic (exact) mass is 411 g/mol. The van der Waals surface area contributed by atoms with Gasteiger partial charge in [-0.3, -0.25) is 0 Å². The lowest BCUT2D eigenvalue weighted by Gasteiger charge is -2.15. The third-order valence-corrected chi connectivity index (χ3v) is 5.61. The molecule has 1 nitrogen and oxygen atoms in total. The molecule has 0 radical (unpaired) electrons. The smallest absolute Gasteiger partial charge is 0.0406 e. The second-order valence-electron chi connectivity index (χ2n) is 7.62. The molecule has 0 saturated heterocycles. The summed E-state index contributed by atoms with van der Waals surface area (Å²) >= 11 is 6.06. The van der Waals surface area contributed by atoms with Crippen molar-refractivity contribution in [3.63, 3.8) is 0 Å². The van der Waals surface area contributed by atoms with Crippen LogP contribution in [0.25, 0.3) is 0 Å². The van der Waals surface area contributed by atoms with E-state index in [1.54, 1.807) is 0 Å². The van der Waals surface area contributed by atoms with Crippen molar-refractivity contribution >= 4 is 17.3 Å². The van der Waals surface area contributed by atoms with E-state index in [2.05, 4.69) is 96.3 Å². The molecule has 2 heteroatoms. The molecule has 30 heavy (non-hydrogen) atoms. The van der Waals surface area contributed by atoms with Crippen LogP contribution in [0, 0.1) is 0 Å². The molecule has 0 fully saturated rings. The quantitative estimate of drug-likeness (QED) is 0.320. The predicted octanol–water partition coefficient (Wildman–Crippen LogP) is 7.33. The number of aryl methyl sites for hydroxylation is 2. The summed E-state index contributed by atoms with van der Waals surface area (Å²) in [6.07, 6.45) is 2.97. The van der Waals surface area contributed by atoms with Gasteiger partial charge in [-0.1, -0.05) is 96.5 Å². The van der Waals surface area contributed by atoms with Gasteiger partial charge in [0.25, 0.3) is 0 Å². The lowest BCUT2D eigenvalue weighted by Crippen LogP contribution is -2.04. The second kappa shape index (κ2) is 10.1. The summed E-state index contributed by atoms with van der Waals surface area (Å²) in [5.74, 6) is 0. The SMILES string of the molecule is Clc1ccc(Cc2ccc(CCc3ccccc3)cc2NCc2ccccc2)cc1. The van der Waals surface area contributed by atoms with Gasteiger partial charge in [-0.25, -0.2) is 0 Å². The lowest BCUT2D eigenvalue weighted by molar-refractivity contribution is 0.957. The van der Waals surface area contributed by atoms with Crippen molar-refractivity contribution in [2.45, 2.75) is 25.8 Å². The van der Waals surface area contributed by atoms with E-state index < -0.39 is 0 Å². The van der Waals surface area contributed by atoms with Crippen LogP contribution in [0.15, 0.2) is 103 Å². The Morgan fingerprint density at radius 2 is 1.17 bits per heavy atom. The summed E-state index contributed by atoms with van der Waals surface area (Å²) in [6, 6.07) is 36.2. The van der Waals surface area contributed by atoms with Crippen molar-refractivity contribution in [3.8, 4) is 0 Å². The molecule has 150 valence electrons. The number of rotatable bonds is 8. The second-order valence-corrected chi connectivity index (χ2v) is 8.06. The third kappa shape index (κ3) is 5.75. The Kier molecular flexibility index (Phi) is 6.84. The van der Waals surface area contributed by atoms with Gasteiger partial charge in [-0.2, -0.15) is 0 Å². The largest absolute Gasteiger partial charge is 0.381 e. The number of nitrogens with one attached hydrogen (secondary N) is 1. The lowest BCUT2D eigenvalue weighted by atomic mass is 9.98. The van der Waals surface area contributed by atoms with E-state index in [0.29, 0.717) is 0 Å². The normalized spacial score (nSPS) is 10.7. The highest BCUT2D eigenvalue weighted by atomic mass is 35.5. The van der Waals surface area contributed by atoms with E-state index in [1.807, 2.05) is 12.1 Å². The molecule has 1 N–H and O–H groups in total. The average molecular weight is 412 g/mol. The fourth-order valence-electron chi connectivity index (χ4n) is 3.65. The molecule has 4 aromatic rings. The molecule has 0 unspecified atom stereocenters. The standard InChI is InChI=1S/C28H26ClN/c29-27-17-14-23(15-18-27)19-26-16-13-24(12-11-22-7-3-1-4-8-22)20-28(26)30-21-25-9-5-2-6-10-25/h1-10,13-18,20,30H,11-12,19,21H2. The van der Waals surface area contributed by atoms with Crippen LogP contribution in [0.3, 0.4) is 0 Å². The molecule has 4 rings (SSSR count). The van der Waals surface area contributed by atoms with Gasteiger partial charge in [0.1, 0.15) is 0 Å². The van der Waals surface area contributed by atoms with E-state index in [1.165, 1.54) is 33.5 Å². The molecule has 0 amide bonds. The number of hydrogen-bond acceptors (Lipinski definition) is 1. The Balaban J connectivity index is 1.53. The topological polar surface area (TPSA) is 12.0 Å². The zero-order valence-electron chi connectivity index (χ0n) is 17.0. The number of hydrogen-bond donors (Lipinski definition) is 1. The Hall–Kier alpha value is -3.03. The maximum absolute atomic E-state index is 6.06. The summed E-state index contributed by atoms with van der Waals surface area (Å²) in [7, 11) is 0. The van der Waals surface area contributed by atoms with Crippen molar-refractivity contribution < 1.29 is 0 Å². The van der Waals surface area contributed by atoms with Crippen LogP contribution >= 0.6 is 11.6 Å². The van der Waals surface area contributed by atoms with Gasteiger partial charge in [0.2, 0.25) is 0 Å². The summed E-state index contributed by atoms with van der Waals surface area (Å²) in [6.45, 7) is 0.816. The minimum atomic E-state index is 0.775. The molecule has 0 atom stereocenters. The summed E-state index contributed by atoms with van der Waals surface area (Å²) in [5, 5.41) is 4.45. The third-order valence-electron chi connectivity index (χ3n) is 5.35. The minimum absolute atomic E-state index is 0.775. The highest BCUT2D eigenvalue weighted by Crippen LogP contribution is 2.24. The van der Waals surface area contributed by atoms with Crippen molar-refractivity contribution in [1.82, 2.24) is 0 Å². The molecule has 0 bridgehead atoms. The van der Waals surface area contributed by atoms with E-state index in [9.17, 15) is 0 Å². The maximum Gasteiger partial charge on any atom is 0.0406 e. The van der Waals surface area contributed by atoms with Crippen LogP contribution < -0.4 is 5.32 Å². The fraction of sp³-hybridized carbons (Fsp3) is 0.143. The Morgan fingerprint density at radius 3 is 1.87 bits per heavy atom. The van der Waals surface area contributed by atoms with Crippen LogP contribution in [-0.2, 0) is 25.8 Å². The van der Waals surface area contributed by atoms with E-state index >= 15 is 0 Å². The molecule has 0 aliphatic rings. The highest BCUT2D eigenvalue weighted by Gasteiger charge is 2.07. The molecule has 0 heterocycles. The minimum Gasteiger partial charge on any atom is -0.381 e. The molecule has 0 spiro atoms. The molecule has 0 saturated carbocycles. The molecule has 4 aromatic carbocycles. The van der Waals surface area contributed by atoms with Gasteiger partial charge >= 0.3 is 0 Å². The van der Waals surface area contributed by atoms with Crippen molar-refractivity contribution in [1.29, 1.82) is 0 Å². The van der Waals surface area contributed by atoms with Crippen LogP contribution in [0.5, 0.6) is 0 Å².